The normalized spacial score (nSPS) is 15.9. The largest absolute Gasteiger partial charge is 0.495 e. The van der Waals surface area contributed by atoms with Crippen LogP contribution in [0.1, 0.15) is 32.1 Å². The summed E-state index contributed by atoms with van der Waals surface area (Å²) in [6.45, 7) is 0. The van der Waals surface area contributed by atoms with Gasteiger partial charge in [0.25, 0.3) is 0 Å². The smallest absolute Gasteiger partial charge is 0.319 e. The molecule has 0 atom stereocenters. The number of carbonyl (C=O) groups excluding carboxylic acids is 1. The maximum atomic E-state index is 11.9. The number of nitrogens with one attached hydrogen (secondary N) is 2. The molecular weight excluding hydrogens is 308 g/mol. The summed E-state index contributed by atoms with van der Waals surface area (Å²) >= 11 is 3.38. The van der Waals surface area contributed by atoms with E-state index in [-0.39, 0.29) is 6.03 Å². The summed E-state index contributed by atoms with van der Waals surface area (Å²) < 4.78 is 6.07. The zero-order valence-corrected chi connectivity index (χ0v) is 12.6. The highest BCUT2D eigenvalue weighted by Gasteiger charge is 2.15. The lowest BCUT2D eigenvalue weighted by Crippen LogP contribution is -2.39. The zero-order valence-electron chi connectivity index (χ0n) is 11.0. The average molecular weight is 327 g/mol. The van der Waals surface area contributed by atoms with Gasteiger partial charge >= 0.3 is 6.03 Å². The molecule has 104 valence electrons. The van der Waals surface area contributed by atoms with Crippen LogP contribution in [0.2, 0.25) is 0 Å². The molecule has 0 aliphatic heterocycles. The van der Waals surface area contributed by atoms with Crippen LogP contribution in [-0.2, 0) is 0 Å². The van der Waals surface area contributed by atoms with E-state index in [1.807, 2.05) is 12.1 Å². The van der Waals surface area contributed by atoms with Gasteiger partial charge in [-0.15, -0.1) is 0 Å². The Morgan fingerprint density at radius 1 is 1.32 bits per heavy atom. The van der Waals surface area contributed by atoms with Crippen LogP contribution in [0.3, 0.4) is 0 Å². The Morgan fingerprint density at radius 2 is 2.05 bits per heavy atom. The highest BCUT2D eigenvalue weighted by Crippen LogP contribution is 2.27. The number of amides is 2. The molecule has 0 radical (unpaired) electrons. The van der Waals surface area contributed by atoms with Gasteiger partial charge in [-0.2, -0.15) is 0 Å². The van der Waals surface area contributed by atoms with Crippen LogP contribution in [0.5, 0.6) is 5.75 Å². The van der Waals surface area contributed by atoms with Gasteiger partial charge in [0.2, 0.25) is 0 Å². The quantitative estimate of drug-likeness (QED) is 0.884. The fourth-order valence-electron chi connectivity index (χ4n) is 2.34. The van der Waals surface area contributed by atoms with E-state index in [1.54, 1.807) is 13.2 Å². The Labute approximate surface area is 122 Å². The predicted octanol–water partition coefficient (Wildman–Crippen LogP) is 3.91. The lowest BCUT2D eigenvalue weighted by molar-refractivity contribution is 0.244. The molecule has 0 bridgehead atoms. The van der Waals surface area contributed by atoms with Crippen molar-refractivity contribution in [1.82, 2.24) is 5.32 Å². The van der Waals surface area contributed by atoms with Gasteiger partial charge in [-0.3, -0.25) is 0 Å². The maximum Gasteiger partial charge on any atom is 0.319 e. The molecule has 1 aromatic rings. The third-order valence-corrected chi connectivity index (χ3v) is 4.00. The minimum atomic E-state index is -0.142. The van der Waals surface area contributed by atoms with Crippen LogP contribution in [0.25, 0.3) is 0 Å². The van der Waals surface area contributed by atoms with E-state index in [0.717, 1.165) is 23.0 Å². The predicted molar refractivity (Wildman–Crippen MR) is 79.7 cm³/mol. The van der Waals surface area contributed by atoms with Crippen molar-refractivity contribution in [2.75, 3.05) is 12.4 Å². The van der Waals surface area contributed by atoms with Crippen LogP contribution < -0.4 is 15.4 Å². The summed E-state index contributed by atoms with van der Waals surface area (Å²) in [5, 5.41) is 5.86. The van der Waals surface area contributed by atoms with Gasteiger partial charge in [0.1, 0.15) is 5.75 Å². The van der Waals surface area contributed by atoms with Crippen molar-refractivity contribution in [3.05, 3.63) is 22.7 Å². The minimum Gasteiger partial charge on any atom is -0.495 e. The summed E-state index contributed by atoms with van der Waals surface area (Å²) in [5.74, 6) is 0.704. The molecule has 1 aliphatic rings. The topological polar surface area (TPSA) is 50.4 Å². The number of halogens is 1. The van der Waals surface area contributed by atoms with Crippen molar-refractivity contribution < 1.29 is 9.53 Å². The Morgan fingerprint density at radius 3 is 2.74 bits per heavy atom. The lowest BCUT2D eigenvalue weighted by Gasteiger charge is -2.22. The summed E-state index contributed by atoms with van der Waals surface area (Å²) in [4.78, 5) is 11.9. The zero-order chi connectivity index (χ0) is 13.7. The SMILES string of the molecule is COc1cc(NC(=O)NC2CCCCC2)ccc1Br. The number of benzene rings is 1. The van der Waals surface area contributed by atoms with Crippen LogP contribution in [0.15, 0.2) is 22.7 Å². The molecule has 2 rings (SSSR count). The summed E-state index contributed by atoms with van der Waals surface area (Å²) in [6.07, 6.45) is 5.85. The van der Waals surface area contributed by atoms with Crippen molar-refractivity contribution >= 4 is 27.6 Å². The third kappa shape index (κ3) is 4.13. The van der Waals surface area contributed by atoms with Gasteiger partial charge in [-0.1, -0.05) is 19.3 Å². The number of urea groups is 1. The standard InChI is InChI=1S/C14H19BrN2O2/c1-19-13-9-11(7-8-12(13)15)17-14(18)16-10-5-3-2-4-6-10/h7-10H,2-6H2,1H3,(H2,16,17,18). The van der Waals surface area contributed by atoms with Crippen molar-refractivity contribution in [2.45, 2.75) is 38.1 Å². The van der Waals surface area contributed by atoms with Crippen molar-refractivity contribution in [2.24, 2.45) is 0 Å². The van der Waals surface area contributed by atoms with E-state index in [2.05, 4.69) is 26.6 Å². The molecule has 0 unspecified atom stereocenters. The number of ether oxygens (including phenoxy) is 1. The molecule has 5 heteroatoms. The average Bonchev–Trinajstić information content (AvgIpc) is 2.42. The van der Waals surface area contributed by atoms with Gasteiger partial charge in [0.05, 0.1) is 11.6 Å². The fourth-order valence-corrected chi connectivity index (χ4v) is 2.75. The highest BCUT2D eigenvalue weighted by molar-refractivity contribution is 9.10. The summed E-state index contributed by atoms with van der Waals surface area (Å²) in [6, 6.07) is 5.66. The van der Waals surface area contributed by atoms with E-state index in [1.165, 1.54) is 19.3 Å². The first kappa shape index (κ1) is 14.2. The van der Waals surface area contributed by atoms with Crippen molar-refractivity contribution in [3.63, 3.8) is 0 Å². The molecule has 0 spiro atoms. The van der Waals surface area contributed by atoms with Gasteiger partial charge in [0.15, 0.2) is 0 Å². The molecule has 4 nitrogen and oxygen atoms in total. The lowest BCUT2D eigenvalue weighted by atomic mass is 9.96. The molecule has 0 heterocycles. The number of carbonyl (C=O) groups is 1. The summed E-state index contributed by atoms with van der Waals surface area (Å²) in [5.41, 5.74) is 0.730. The van der Waals surface area contributed by atoms with Gasteiger partial charge in [0, 0.05) is 17.8 Å². The maximum absolute atomic E-state index is 11.9. The van der Waals surface area contributed by atoms with E-state index in [4.69, 9.17) is 4.74 Å². The van der Waals surface area contributed by atoms with E-state index >= 15 is 0 Å². The molecule has 1 fully saturated rings. The van der Waals surface area contributed by atoms with Gasteiger partial charge in [-0.05, 0) is 40.9 Å². The number of anilines is 1. The second-order valence-corrected chi connectivity index (χ2v) is 5.64. The molecule has 2 amide bonds. The Hall–Kier alpha value is -1.23. The third-order valence-electron chi connectivity index (χ3n) is 3.35. The molecular formula is C14H19BrN2O2. The highest BCUT2D eigenvalue weighted by atomic mass is 79.9. The monoisotopic (exact) mass is 326 g/mol. The molecule has 19 heavy (non-hydrogen) atoms. The fraction of sp³-hybridized carbons (Fsp3) is 0.500. The molecule has 1 aliphatic carbocycles. The molecule has 2 N–H and O–H groups in total. The molecule has 1 saturated carbocycles. The number of hydrogen-bond acceptors (Lipinski definition) is 2. The Bertz CT molecular complexity index is 445. The first-order valence-electron chi connectivity index (χ1n) is 6.60. The number of hydrogen-bond donors (Lipinski definition) is 2. The Kier molecular flexibility index (Phi) is 5.07. The number of methoxy groups -OCH3 is 1. The first-order chi connectivity index (χ1) is 9.19. The van der Waals surface area contributed by atoms with E-state index in [9.17, 15) is 4.79 Å². The van der Waals surface area contributed by atoms with E-state index < -0.39 is 0 Å². The summed E-state index contributed by atoms with van der Waals surface area (Å²) in [7, 11) is 1.60. The van der Waals surface area contributed by atoms with Crippen LogP contribution in [0, 0.1) is 0 Å². The molecule has 1 aromatic carbocycles. The second kappa shape index (κ2) is 6.80. The van der Waals surface area contributed by atoms with Gasteiger partial charge in [-0.25, -0.2) is 4.79 Å². The van der Waals surface area contributed by atoms with Crippen LogP contribution >= 0.6 is 15.9 Å². The minimum absolute atomic E-state index is 0.142. The first-order valence-corrected chi connectivity index (χ1v) is 7.39. The second-order valence-electron chi connectivity index (χ2n) is 4.78. The van der Waals surface area contributed by atoms with E-state index in [0.29, 0.717) is 11.8 Å². The Balaban J connectivity index is 1.90. The van der Waals surface area contributed by atoms with Gasteiger partial charge < -0.3 is 15.4 Å². The van der Waals surface area contributed by atoms with Crippen LogP contribution in [-0.4, -0.2) is 19.2 Å². The van der Waals surface area contributed by atoms with Crippen molar-refractivity contribution in [3.8, 4) is 5.75 Å². The number of rotatable bonds is 3. The van der Waals surface area contributed by atoms with Crippen molar-refractivity contribution in [1.29, 1.82) is 0 Å². The van der Waals surface area contributed by atoms with Crippen LogP contribution in [0.4, 0.5) is 10.5 Å². The molecule has 0 saturated heterocycles. The molecule has 0 aromatic heterocycles.